The van der Waals surface area contributed by atoms with Crippen LogP contribution in [0.2, 0.25) is 0 Å². The number of carbonyl (C=O) groups excluding carboxylic acids is 1. The number of carbonyl (C=O) groups is 1. The Hall–Kier alpha value is -2.19. The Morgan fingerprint density at radius 1 is 1.19 bits per heavy atom. The summed E-state index contributed by atoms with van der Waals surface area (Å²) in [5.74, 6) is -0.192. The van der Waals surface area contributed by atoms with Crippen LogP contribution in [0.1, 0.15) is 35.0 Å². The Bertz CT molecular complexity index is 961. The molecule has 1 N–H and O–H groups in total. The van der Waals surface area contributed by atoms with Crippen LogP contribution in [0.4, 0.5) is 5.69 Å². The quantitative estimate of drug-likeness (QED) is 0.866. The lowest BCUT2D eigenvalue weighted by Gasteiger charge is -2.20. The number of hydrogen-bond acceptors (Lipinski definition) is 4. The van der Waals surface area contributed by atoms with E-state index in [0.717, 1.165) is 17.0 Å². The third-order valence-electron chi connectivity index (χ3n) is 4.56. The molecule has 0 atom stereocenters. The molecule has 142 valence electrons. The molecule has 2 rings (SSSR count). The van der Waals surface area contributed by atoms with Gasteiger partial charge in [-0.1, -0.05) is 0 Å². The molecule has 1 amide bonds. The van der Waals surface area contributed by atoms with E-state index in [1.165, 1.54) is 11.2 Å². The van der Waals surface area contributed by atoms with E-state index in [9.17, 15) is 13.2 Å². The highest BCUT2D eigenvalue weighted by Gasteiger charge is 2.25. The second-order valence-corrected chi connectivity index (χ2v) is 8.66. The van der Waals surface area contributed by atoms with Crippen molar-refractivity contribution in [3.05, 3.63) is 40.2 Å². The summed E-state index contributed by atoms with van der Waals surface area (Å²) in [6, 6.07) is 3.30. The molecule has 26 heavy (non-hydrogen) atoms. The van der Waals surface area contributed by atoms with E-state index in [0.29, 0.717) is 16.8 Å². The zero-order chi connectivity index (χ0) is 19.8. The Morgan fingerprint density at radius 2 is 1.81 bits per heavy atom. The third kappa shape index (κ3) is 3.81. The van der Waals surface area contributed by atoms with Gasteiger partial charge in [-0.25, -0.2) is 8.42 Å². The second-order valence-electron chi connectivity index (χ2n) is 6.65. The Labute approximate surface area is 155 Å². The van der Waals surface area contributed by atoms with Gasteiger partial charge in [0.05, 0.1) is 10.6 Å². The van der Waals surface area contributed by atoms with Gasteiger partial charge in [0.2, 0.25) is 15.9 Å². The van der Waals surface area contributed by atoms with Crippen LogP contribution >= 0.6 is 0 Å². The van der Waals surface area contributed by atoms with Gasteiger partial charge in [-0.2, -0.15) is 9.40 Å². The van der Waals surface area contributed by atoms with Gasteiger partial charge >= 0.3 is 0 Å². The molecule has 1 aromatic carbocycles. The summed E-state index contributed by atoms with van der Waals surface area (Å²) >= 11 is 0. The van der Waals surface area contributed by atoms with Gasteiger partial charge in [0.25, 0.3) is 0 Å². The molecule has 7 nitrogen and oxygen atoms in total. The maximum absolute atomic E-state index is 13.1. The summed E-state index contributed by atoms with van der Waals surface area (Å²) in [5, 5.41) is 7.07. The van der Waals surface area contributed by atoms with E-state index < -0.39 is 10.0 Å². The fourth-order valence-corrected chi connectivity index (χ4v) is 4.34. The van der Waals surface area contributed by atoms with Gasteiger partial charge < -0.3 is 5.32 Å². The van der Waals surface area contributed by atoms with Gasteiger partial charge in [0.15, 0.2) is 0 Å². The topological polar surface area (TPSA) is 84.3 Å². The zero-order valence-electron chi connectivity index (χ0n) is 16.3. The average molecular weight is 378 g/mol. The average Bonchev–Trinajstić information content (AvgIpc) is 2.76. The van der Waals surface area contributed by atoms with Crippen molar-refractivity contribution in [2.24, 2.45) is 7.05 Å². The molecule has 0 aliphatic rings. The number of sulfonamides is 1. The van der Waals surface area contributed by atoms with Crippen molar-refractivity contribution in [1.82, 2.24) is 14.1 Å². The fourth-order valence-electron chi connectivity index (χ4n) is 2.91. The molecular formula is C18H26N4O3S. The summed E-state index contributed by atoms with van der Waals surface area (Å²) in [5.41, 5.74) is 4.58. The molecule has 0 aliphatic heterocycles. The van der Waals surface area contributed by atoms with Gasteiger partial charge in [-0.3, -0.25) is 9.48 Å². The van der Waals surface area contributed by atoms with Gasteiger partial charge in [-0.05, 0) is 51.0 Å². The Kier molecular flexibility index (Phi) is 5.58. The summed E-state index contributed by atoms with van der Waals surface area (Å²) in [6.45, 7) is 8.98. The zero-order valence-corrected chi connectivity index (χ0v) is 17.2. The van der Waals surface area contributed by atoms with Crippen LogP contribution in [0.15, 0.2) is 17.0 Å². The summed E-state index contributed by atoms with van der Waals surface area (Å²) in [4.78, 5) is 11.5. The number of rotatable bonds is 5. The molecule has 0 saturated heterocycles. The molecule has 1 aromatic heterocycles. The second kappa shape index (κ2) is 7.20. The largest absolute Gasteiger partial charge is 0.326 e. The van der Waals surface area contributed by atoms with E-state index in [1.54, 1.807) is 37.7 Å². The highest BCUT2D eigenvalue weighted by atomic mass is 32.2. The molecule has 0 saturated carbocycles. The standard InChI is InChI=1S/C18H26N4O3S/c1-11-9-18(12(2)8-17(11)19-15(5)23)26(24,25)21(6)10-16-13(3)20-22(7)14(16)4/h8-9H,10H2,1-7H3,(H,19,23). The third-order valence-corrected chi connectivity index (χ3v) is 6.51. The number of nitrogens with one attached hydrogen (secondary N) is 1. The fraction of sp³-hybridized carbons (Fsp3) is 0.444. The number of hydrogen-bond donors (Lipinski definition) is 1. The first-order valence-electron chi connectivity index (χ1n) is 8.29. The Morgan fingerprint density at radius 3 is 2.31 bits per heavy atom. The van der Waals surface area contributed by atoms with Crippen LogP contribution in [0, 0.1) is 27.7 Å². The van der Waals surface area contributed by atoms with Crippen LogP contribution in [0.3, 0.4) is 0 Å². The van der Waals surface area contributed by atoms with Crippen LogP contribution < -0.4 is 5.32 Å². The number of anilines is 1. The first-order valence-corrected chi connectivity index (χ1v) is 9.73. The minimum atomic E-state index is -3.68. The van der Waals surface area contributed by atoms with Crippen molar-refractivity contribution in [2.75, 3.05) is 12.4 Å². The number of aromatic nitrogens is 2. The number of benzene rings is 1. The minimum absolute atomic E-state index is 0.192. The first-order chi connectivity index (χ1) is 11.9. The van der Waals surface area contributed by atoms with Crippen LogP contribution in [0.5, 0.6) is 0 Å². The molecule has 0 spiro atoms. The maximum atomic E-state index is 13.1. The monoisotopic (exact) mass is 378 g/mol. The summed E-state index contributed by atoms with van der Waals surface area (Å²) < 4.78 is 29.3. The van der Waals surface area contributed by atoms with E-state index in [2.05, 4.69) is 10.4 Å². The lowest BCUT2D eigenvalue weighted by Crippen LogP contribution is -2.28. The Balaban J connectivity index is 2.40. The van der Waals surface area contributed by atoms with Crippen molar-refractivity contribution >= 4 is 21.6 Å². The number of aryl methyl sites for hydroxylation is 4. The highest BCUT2D eigenvalue weighted by Crippen LogP contribution is 2.27. The van der Waals surface area contributed by atoms with Crippen molar-refractivity contribution < 1.29 is 13.2 Å². The van der Waals surface area contributed by atoms with Gasteiger partial charge in [0.1, 0.15) is 0 Å². The first kappa shape index (κ1) is 20.1. The SMILES string of the molecule is CC(=O)Nc1cc(C)c(S(=O)(=O)N(C)Cc2c(C)nn(C)c2C)cc1C. The smallest absolute Gasteiger partial charge is 0.243 e. The van der Waals surface area contributed by atoms with E-state index in [-0.39, 0.29) is 17.3 Å². The molecule has 2 aromatic rings. The van der Waals surface area contributed by atoms with Crippen LogP contribution in [-0.2, 0) is 28.4 Å². The van der Waals surface area contributed by atoms with Crippen molar-refractivity contribution in [2.45, 2.75) is 46.1 Å². The van der Waals surface area contributed by atoms with Crippen molar-refractivity contribution in [3.8, 4) is 0 Å². The number of nitrogens with zero attached hydrogens (tertiary/aromatic N) is 3. The predicted octanol–water partition coefficient (Wildman–Crippen LogP) is 2.43. The molecule has 0 radical (unpaired) electrons. The molecule has 0 bridgehead atoms. The molecular weight excluding hydrogens is 352 g/mol. The molecule has 0 fully saturated rings. The van der Waals surface area contributed by atoms with Gasteiger partial charge in [0, 0.05) is 44.5 Å². The van der Waals surface area contributed by atoms with Crippen LogP contribution in [0.25, 0.3) is 0 Å². The lowest BCUT2D eigenvalue weighted by molar-refractivity contribution is -0.114. The molecule has 0 aliphatic carbocycles. The minimum Gasteiger partial charge on any atom is -0.326 e. The van der Waals surface area contributed by atoms with E-state index in [1.807, 2.05) is 20.9 Å². The highest BCUT2D eigenvalue weighted by molar-refractivity contribution is 7.89. The predicted molar refractivity (Wildman–Crippen MR) is 102 cm³/mol. The summed E-state index contributed by atoms with van der Waals surface area (Å²) in [6.07, 6.45) is 0. The number of amides is 1. The van der Waals surface area contributed by atoms with E-state index >= 15 is 0 Å². The molecule has 0 unspecified atom stereocenters. The lowest BCUT2D eigenvalue weighted by atomic mass is 10.1. The normalized spacial score (nSPS) is 11.8. The van der Waals surface area contributed by atoms with Crippen molar-refractivity contribution in [3.63, 3.8) is 0 Å². The molecule has 1 heterocycles. The maximum Gasteiger partial charge on any atom is 0.243 e. The molecule has 8 heteroatoms. The van der Waals surface area contributed by atoms with Crippen LogP contribution in [-0.4, -0.2) is 35.5 Å². The van der Waals surface area contributed by atoms with Gasteiger partial charge in [-0.15, -0.1) is 0 Å². The van der Waals surface area contributed by atoms with E-state index in [4.69, 9.17) is 0 Å². The summed E-state index contributed by atoms with van der Waals surface area (Å²) in [7, 11) is -0.267. The van der Waals surface area contributed by atoms with Crippen molar-refractivity contribution in [1.29, 1.82) is 0 Å².